The molecule has 5 heteroatoms. The zero-order chi connectivity index (χ0) is 14.0. The van der Waals surface area contributed by atoms with E-state index >= 15 is 0 Å². The molecule has 1 aliphatic rings. The van der Waals surface area contributed by atoms with Crippen molar-refractivity contribution in [1.82, 2.24) is 5.32 Å². The van der Waals surface area contributed by atoms with Crippen LogP contribution in [0.25, 0.3) is 0 Å². The van der Waals surface area contributed by atoms with Gasteiger partial charge in [-0.3, -0.25) is 9.79 Å². The summed E-state index contributed by atoms with van der Waals surface area (Å²) in [5.74, 6) is 0.0470. The first-order valence-corrected chi connectivity index (χ1v) is 6.51. The molecule has 0 unspecified atom stereocenters. The Kier molecular flexibility index (Phi) is 3.90. The van der Waals surface area contributed by atoms with E-state index in [-0.39, 0.29) is 22.6 Å². The first-order valence-electron chi connectivity index (χ1n) is 6.13. The Hall–Kier alpha value is -1.42. The van der Waals surface area contributed by atoms with Crippen molar-refractivity contribution in [2.75, 3.05) is 13.1 Å². The van der Waals surface area contributed by atoms with Crippen LogP contribution in [0.5, 0.6) is 0 Å². The lowest BCUT2D eigenvalue weighted by atomic mass is 9.92. The summed E-state index contributed by atoms with van der Waals surface area (Å²) in [5, 5.41) is 3.12. The van der Waals surface area contributed by atoms with E-state index in [1.54, 1.807) is 0 Å². The zero-order valence-corrected chi connectivity index (χ0v) is 11.7. The fourth-order valence-electron chi connectivity index (χ4n) is 1.80. The molecule has 19 heavy (non-hydrogen) atoms. The van der Waals surface area contributed by atoms with Gasteiger partial charge in [0.25, 0.3) is 0 Å². The van der Waals surface area contributed by atoms with Crippen LogP contribution in [0.1, 0.15) is 30.6 Å². The normalized spacial score (nSPS) is 17.6. The maximum atomic E-state index is 13.0. The second-order valence-electron chi connectivity index (χ2n) is 5.51. The summed E-state index contributed by atoms with van der Waals surface area (Å²) in [6, 6.07) is 4.00. The molecule has 1 aliphatic heterocycles. The van der Waals surface area contributed by atoms with Crippen LogP contribution in [0.3, 0.4) is 0 Å². The molecule has 0 radical (unpaired) electrons. The quantitative estimate of drug-likeness (QED) is 0.866. The van der Waals surface area contributed by atoms with Crippen molar-refractivity contribution >= 4 is 23.2 Å². The molecule has 0 aliphatic carbocycles. The third kappa shape index (κ3) is 3.53. The summed E-state index contributed by atoms with van der Waals surface area (Å²) >= 11 is 5.66. The van der Waals surface area contributed by atoms with Gasteiger partial charge in [-0.2, -0.15) is 0 Å². The van der Waals surface area contributed by atoms with Crippen molar-refractivity contribution in [1.29, 1.82) is 0 Å². The number of ketones is 1. The molecule has 0 aromatic heterocycles. The van der Waals surface area contributed by atoms with Gasteiger partial charge in [0.05, 0.1) is 11.4 Å². The summed E-state index contributed by atoms with van der Waals surface area (Å²) < 4.78 is 13.0. The van der Waals surface area contributed by atoms with E-state index in [4.69, 9.17) is 11.6 Å². The van der Waals surface area contributed by atoms with Crippen LogP contribution >= 0.6 is 11.6 Å². The van der Waals surface area contributed by atoms with Gasteiger partial charge in [0.15, 0.2) is 5.78 Å². The Morgan fingerprint density at radius 3 is 2.84 bits per heavy atom. The van der Waals surface area contributed by atoms with Crippen molar-refractivity contribution in [3.05, 3.63) is 34.6 Å². The molecule has 0 saturated carbocycles. The molecule has 0 fully saturated rings. The first-order chi connectivity index (χ1) is 8.87. The van der Waals surface area contributed by atoms with Crippen LogP contribution in [0.4, 0.5) is 4.39 Å². The minimum Gasteiger partial charge on any atom is -0.373 e. The fraction of sp³-hybridized carbons (Fsp3) is 0.429. The minimum atomic E-state index is -0.520. The molecule has 2 rings (SSSR count). The number of hydrogen-bond donors (Lipinski definition) is 1. The van der Waals surface area contributed by atoms with Crippen molar-refractivity contribution in [2.24, 2.45) is 10.4 Å². The van der Waals surface area contributed by atoms with Gasteiger partial charge in [-0.05, 0) is 18.2 Å². The molecule has 0 atom stereocenters. The standard InChI is InChI=1S/C14H16ClFN2O/c1-14(2)7-17-13(18-8-14)6-12(19)9-3-4-11(16)10(15)5-9/h3-5H,6-8H2,1-2H3,(H,17,18). The number of amidine groups is 1. The second-order valence-corrected chi connectivity index (χ2v) is 5.92. The molecule has 0 bridgehead atoms. The summed E-state index contributed by atoms with van der Waals surface area (Å²) in [6.45, 7) is 5.72. The molecule has 3 nitrogen and oxygen atoms in total. The van der Waals surface area contributed by atoms with E-state index in [2.05, 4.69) is 24.2 Å². The summed E-state index contributed by atoms with van der Waals surface area (Å²) in [6.07, 6.45) is 0.193. The summed E-state index contributed by atoms with van der Waals surface area (Å²) in [5.41, 5.74) is 0.520. The maximum Gasteiger partial charge on any atom is 0.170 e. The molecule has 0 amide bonds. The highest BCUT2D eigenvalue weighted by Crippen LogP contribution is 2.19. The zero-order valence-electron chi connectivity index (χ0n) is 11.0. The van der Waals surface area contributed by atoms with Crippen molar-refractivity contribution in [3.8, 4) is 0 Å². The van der Waals surface area contributed by atoms with E-state index in [9.17, 15) is 9.18 Å². The van der Waals surface area contributed by atoms with Gasteiger partial charge in [0, 0.05) is 24.1 Å². The second kappa shape index (κ2) is 5.29. The van der Waals surface area contributed by atoms with Crippen LogP contribution in [-0.4, -0.2) is 24.7 Å². The highest BCUT2D eigenvalue weighted by molar-refractivity contribution is 6.31. The van der Waals surface area contributed by atoms with Gasteiger partial charge in [-0.15, -0.1) is 0 Å². The van der Waals surface area contributed by atoms with E-state index in [0.29, 0.717) is 17.9 Å². The van der Waals surface area contributed by atoms with Crippen molar-refractivity contribution < 1.29 is 9.18 Å². The molecular weight excluding hydrogens is 267 g/mol. The number of Topliss-reactive ketones (excluding diaryl/α,β-unsaturated/α-hetero) is 1. The number of rotatable bonds is 3. The van der Waals surface area contributed by atoms with Gasteiger partial charge < -0.3 is 5.32 Å². The van der Waals surface area contributed by atoms with Gasteiger partial charge >= 0.3 is 0 Å². The number of carbonyl (C=O) groups excluding carboxylic acids is 1. The summed E-state index contributed by atoms with van der Waals surface area (Å²) in [7, 11) is 0. The first kappa shape index (κ1) is 14.0. The highest BCUT2D eigenvalue weighted by Gasteiger charge is 2.23. The third-order valence-electron chi connectivity index (χ3n) is 3.04. The topological polar surface area (TPSA) is 41.5 Å². The number of nitrogens with zero attached hydrogens (tertiary/aromatic N) is 1. The molecule has 1 aromatic carbocycles. The molecule has 1 aromatic rings. The predicted molar refractivity (Wildman–Crippen MR) is 74.4 cm³/mol. The van der Waals surface area contributed by atoms with E-state index < -0.39 is 5.82 Å². The lowest BCUT2D eigenvalue weighted by molar-refractivity contribution is 0.0999. The molecule has 0 saturated heterocycles. The van der Waals surface area contributed by atoms with Gasteiger partial charge in [-0.1, -0.05) is 25.4 Å². The fourth-order valence-corrected chi connectivity index (χ4v) is 1.99. The van der Waals surface area contributed by atoms with Crippen LogP contribution in [0, 0.1) is 11.2 Å². The average molecular weight is 283 g/mol. The maximum absolute atomic E-state index is 13.0. The molecule has 0 spiro atoms. The van der Waals surface area contributed by atoms with Gasteiger partial charge in [0.1, 0.15) is 11.7 Å². The van der Waals surface area contributed by atoms with Crippen LogP contribution in [0.2, 0.25) is 5.02 Å². The number of halogens is 2. The van der Waals surface area contributed by atoms with Crippen LogP contribution < -0.4 is 5.32 Å². The third-order valence-corrected chi connectivity index (χ3v) is 3.33. The van der Waals surface area contributed by atoms with E-state index in [1.807, 2.05) is 0 Å². The monoisotopic (exact) mass is 282 g/mol. The Morgan fingerprint density at radius 2 is 2.26 bits per heavy atom. The largest absolute Gasteiger partial charge is 0.373 e. The molecule has 1 N–H and O–H groups in total. The average Bonchev–Trinajstić information content (AvgIpc) is 2.35. The van der Waals surface area contributed by atoms with Gasteiger partial charge in [0.2, 0.25) is 0 Å². The van der Waals surface area contributed by atoms with Crippen LogP contribution in [0.15, 0.2) is 23.2 Å². The van der Waals surface area contributed by atoms with Gasteiger partial charge in [-0.25, -0.2) is 4.39 Å². The number of carbonyl (C=O) groups is 1. The lowest BCUT2D eigenvalue weighted by Gasteiger charge is -2.28. The van der Waals surface area contributed by atoms with E-state index in [1.165, 1.54) is 18.2 Å². The Balaban J connectivity index is 2.05. The predicted octanol–water partition coefficient (Wildman–Crippen LogP) is 3.08. The van der Waals surface area contributed by atoms with Crippen molar-refractivity contribution in [3.63, 3.8) is 0 Å². The van der Waals surface area contributed by atoms with E-state index in [0.717, 1.165) is 6.54 Å². The smallest absolute Gasteiger partial charge is 0.170 e. The Morgan fingerprint density at radius 1 is 1.53 bits per heavy atom. The molecule has 102 valence electrons. The molecular formula is C14H16ClFN2O. The Labute approximate surface area is 116 Å². The summed E-state index contributed by atoms with van der Waals surface area (Å²) in [4.78, 5) is 16.4. The SMILES string of the molecule is CC1(C)CN=C(CC(=O)c2ccc(F)c(Cl)c2)NC1. The number of hydrogen-bond acceptors (Lipinski definition) is 3. The molecule has 1 heterocycles. The number of benzene rings is 1. The highest BCUT2D eigenvalue weighted by atomic mass is 35.5. The Bertz CT molecular complexity index is 540. The van der Waals surface area contributed by atoms with Crippen LogP contribution in [-0.2, 0) is 0 Å². The minimum absolute atomic E-state index is 0.0366. The number of nitrogens with one attached hydrogen (secondary N) is 1. The lowest BCUT2D eigenvalue weighted by Crippen LogP contribution is -2.41. The van der Waals surface area contributed by atoms with Crippen molar-refractivity contribution in [2.45, 2.75) is 20.3 Å². The number of aliphatic imine (C=N–C) groups is 1.